The molecule has 8 heteroatoms. The molecular weight excluding hydrogens is 402 g/mol. The van der Waals surface area contributed by atoms with Gasteiger partial charge in [0.15, 0.2) is 0 Å². The Balaban J connectivity index is 1.57. The Morgan fingerprint density at radius 1 is 1.17 bits per heavy atom. The molecule has 30 heavy (non-hydrogen) atoms. The van der Waals surface area contributed by atoms with Gasteiger partial charge < -0.3 is 9.64 Å². The van der Waals surface area contributed by atoms with Crippen LogP contribution in [0.15, 0.2) is 60.0 Å². The molecule has 1 amide bonds. The Labute approximate surface area is 178 Å². The van der Waals surface area contributed by atoms with Crippen molar-refractivity contribution in [2.24, 2.45) is 0 Å². The normalized spacial score (nSPS) is 21.4. The minimum Gasteiger partial charge on any atom is -0.369 e. The standard InChI is InChI=1S/C22H21N3O4S/c1-14-12-29-20(16-6-4-3-5-7-16)15(2)24(14)22(26)19-13-30-21(23-19)17-8-10-18(11-9-17)25(27)28/h3-11,13-15,20H,12H2,1-2H3/t14-,15+,20-/m1/s1. The van der Waals surface area contributed by atoms with Gasteiger partial charge >= 0.3 is 0 Å². The minimum atomic E-state index is -0.440. The molecule has 0 unspecified atom stereocenters. The molecule has 1 aliphatic heterocycles. The molecule has 4 rings (SSSR count). The predicted octanol–water partition coefficient (Wildman–Crippen LogP) is 4.71. The number of thiazole rings is 1. The van der Waals surface area contributed by atoms with Crippen LogP contribution >= 0.6 is 11.3 Å². The molecule has 1 saturated heterocycles. The molecule has 1 aromatic heterocycles. The van der Waals surface area contributed by atoms with Crippen LogP contribution in [0.4, 0.5) is 5.69 Å². The van der Waals surface area contributed by atoms with Gasteiger partial charge in [0.2, 0.25) is 0 Å². The maximum atomic E-state index is 13.3. The number of morpholine rings is 1. The molecule has 0 aliphatic carbocycles. The highest BCUT2D eigenvalue weighted by Crippen LogP contribution is 2.33. The molecule has 0 N–H and O–H groups in total. The molecule has 2 heterocycles. The number of nitro groups is 1. The molecule has 7 nitrogen and oxygen atoms in total. The van der Waals surface area contributed by atoms with Gasteiger partial charge in [-0.1, -0.05) is 30.3 Å². The van der Waals surface area contributed by atoms with Crippen molar-refractivity contribution >= 4 is 22.9 Å². The molecule has 0 saturated carbocycles. The molecule has 154 valence electrons. The first-order valence-electron chi connectivity index (χ1n) is 9.65. The van der Waals surface area contributed by atoms with Crippen LogP contribution in [0.2, 0.25) is 0 Å². The predicted molar refractivity (Wildman–Crippen MR) is 114 cm³/mol. The summed E-state index contributed by atoms with van der Waals surface area (Å²) in [6, 6.07) is 15.9. The summed E-state index contributed by atoms with van der Waals surface area (Å²) in [5.74, 6) is -0.136. The molecule has 0 bridgehead atoms. The first-order valence-corrected chi connectivity index (χ1v) is 10.5. The number of carbonyl (C=O) groups is 1. The van der Waals surface area contributed by atoms with E-state index >= 15 is 0 Å². The fourth-order valence-electron chi connectivity index (χ4n) is 3.77. The van der Waals surface area contributed by atoms with Crippen molar-refractivity contribution in [2.75, 3.05) is 6.61 Å². The van der Waals surface area contributed by atoms with Gasteiger partial charge in [-0.2, -0.15) is 0 Å². The molecule has 2 aromatic carbocycles. The highest BCUT2D eigenvalue weighted by molar-refractivity contribution is 7.13. The van der Waals surface area contributed by atoms with Crippen LogP contribution in [0, 0.1) is 10.1 Å². The SMILES string of the molecule is C[C@@H]1CO[C@@H](c2ccccc2)[C@H](C)N1C(=O)c1csc(-c2ccc([N+](=O)[O-])cc2)n1. The zero-order chi connectivity index (χ0) is 21.3. The summed E-state index contributed by atoms with van der Waals surface area (Å²) >= 11 is 1.35. The first-order chi connectivity index (χ1) is 14.5. The van der Waals surface area contributed by atoms with Crippen molar-refractivity contribution < 1.29 is 14.5 Å². The molecule has 3 atom stereocenters. The Kier molecular flexibility index (Phi) is 5.61. The zero-order valence-corrected chi connectivity index (χ0v) is 17.4. The zero-order valence-electron chi connectivity index (χ0n) is 16.6. The molecule has 3 aromatic rings. The van der Waals surface area contributed by atoms with E-state index < -0.39 is 4.92 Å². The van der Waals surface area contributed by atoms with Crippen LogP contribution in [0.1, 0.15) is 36.0 Å². The number of nitro benzene ring substituents is 1. The van der Waals surface area contributed by atoms with Crippen molar-refractivity contribution in [1.82, 2.24) is 9.88 Å². The maximum absolute atomic E-state index is 13.3. The van der Waals surface area contributed by atoms with Crippen LogP contribution in [0.3, 0.4) is 0 Å². The lowest BCUT2D eigenvalue weighted by Gasteiger charge is -2.43. The topological polar surface area (TPSA) is 85.6 Å². The van der Waals surface area contributed by atoms with Gasteiger partial charge in [-0.25, -0.2) is 4.98 Å². The summed E-state index contributed by atoms with van der Waals surface area (Å²) in [4.78, 5) is 30.1. The largest absolute Gasteiger partial charge is 0.369 e. The van der Waals surface area contributed by atoms with Crippen molar-refractivity contribution in [3.63, 3.8) is 0 Å². The third kappa shape index (κ3) is 3.83. The van der Waals surface area contributed by atoms with Gasteiger partial charge in [0.05, 0.1) is 23.6 Å². The fraction of sp³-hybridized carbons (Fsp3) is 0.273. The van der Waals surface area contributed by atoms with Crippen LogP contribution in [0.25, 0.3) is 10.6 Å². The smallest absolute Gasteiger partial charge is 0.274 e. The Bertz CT molecular complexity index is 1050. The number of non-ortho nitro benzene ring substituents is 1. The van der Waals surface area contributed by atoms with E-state index in [1.165, 1.54) is 23.5 Å². The Morgan fingerprint density at radius 3 is 2.53 bits per heavy atom. The molecular formula is C22H21N3O4S. The third-order valence-corrected chi connectivity index (χ3v) is 6.17. The van der Waals surface area contributed by atoms with Gasteiger partial charge in [0.1, 0.15) is 16.8 Å². The van der Waals surface area contributed by atoms with Crippen LogP contribution in [0.5, 0.6) is 0 Å². The first kappa shape index (κ1) is 20.2. The maximum Gasteiger partial charge on any atom is 0.274 e. The lowest BCUT2D eigenvalue weighted by Crippen LogP contribution is -2.53. The van der Waals surface area contributed by atoms with Crippen molar-refractivity contribution in [1.29, 1.82) is 0 Å². The Morgan fingerprint density at radius 2 is 1.87 bits per heavy atom. The summed E-state index contributed by atoms with van der Waals surface area (Å²) in [6.45, 7) is 4.42. The van der Waals surface area contributed by atoms with Gasteiger partial charge in [-0.15, -0.1) is 11.3 Å². The average molecular weight is 423 g/mol. The monoisotopic (exact) mass is 423 g/mol. The number of rotatable bonds is 4. The van der Waals surface area contributed by atoms with Gasteiger partial charge in [-0.05, 0) is 31.5 Å². The third-order valence-electron chi connectivity index (χ3n) is 5.28. The van der Waals surface area contributed by atoms with Crippen molar-refractivity contribution in [3.8, 4) is 10.6 Å². The van der Waals surface area contributed by atoms with Gasteiger partial charge in [0.25, 0.3) is 11.6 Å². The number of hydrogen-bond acceptors (Lipinski definition) is 6. The van der Waals surface area contributed by atoms with E-state index in [1.54, 1.807) is 17.5 Å². The number of amides is 1. The van der Waals surface area contributed by atoms with E-state index in [0.29, 0.717) is 17.3 Å². The number of hydrogen-bond donors (Lipinski definition) is 0. The van der Waals surface area contributed by atoms with Crippen molar-refractivity contribution in [2.45, 2.75) is 32.0 Å². The average Bonchev–Trinajstić information content (AvgIpc) is 3.25. The number of carbonyl (C=O) groups excluding carboxylic acids is 1. The van der Waals surface area contributed by atoms with E-state index in [0.717, 1.165) is 11.1 Å². The second-order valence-electron chi connectivity index (χ2n) is 7.31. The van der Waals surface area contributed by atoms with Crippen molar-refractivity contribution in [3.05, 3.63) is 81.3 Å². The summed E-state index contributed by atoms with van der Waals surface area (Å²) in [7, 11) is 0. The molecule has 0 radical (unpaired) electrons. The summed E-state index contributed by atoms with van der Waals surface area (Å²) in [5, 5.41) is 13.2. The van der Waals surface area contributed by atoms with Crippen LogP contribution in [-0.2, 0) is 4.74 Å². The fourth-order valence-corrected chi connectivity index (χ4v) is 4.57. The van der Waals surface area contributed by atoms with E-state index in [4.69, 9.17) is 4.74 Å². The van der Waals surface area contributed by atoms with E-state index in [-0.39, 0.29) is 29.8 Å². The van der Waals surface area contributed by atoms with E-state index in [1.807, 2.05) is 49.1 Å². The lowest BCUT2D eigenvalue weighted by atomic mass is 9.98. The highest BCUT2D eigenvalue weighted by atomic mass is 32.1. The van der Waals surface area contributed by atoms with Crippen LogP contribution < -0.4 is 0 Å². The number of benzene rings is 2. The molecule has 0 spiro atoms. The van der Waals surface area contributed by atoms with Gasteiger partial charge in [0, 0.05) is 23.1 Å². The lowest BCUT2D eigenvalue weighted by molar-refractivity contribution is -0.384. The quantitative estimate of drug-likeness (QED) is 0.448. The van der Waals surface area contributed by atoms with E-state index in [9.17, 15) is 14.9 Å². The summed E-state index contributed by atoms with van der Waals surface area (Å²) in [6.07, 6.45) is -0.195. The Hall–Kier alpha value is -3.10. The minimum absolute atomic E-state index is 0.0227. The molecule has 1 fully saturated rings. The summed E-state index contributed by atoms with van der Waals surface area (Å²) < 4.78 is 6.04. The molecule has 1 aliphatic rings. The second kappa shape index (κ2) is 8.33. The second-order valence-corrected chi connectivity index (χ2v) is 8.17. The highest BCUT2D eigenvalue weighted by Gasteiger charge is 2.38. The number of aromatic nitrogens is 1. The summed E-state index contributed by atoms with van der Waals surface area (Å²) in [5.41, 5.74) is 2.18. The van der Waals surface area contributed by atoms with Crippen LogP contribution in [-0.4, -0.2) is 39.4 Å². The number of nitrogens with zero attached hydrogens (tertiary/aromatic N) is 3. The number of ether oxygens (including phenoxy) is 1. The van der Waals surface area contributed by atoms with E-state index in [2.05, 4.69) is 4.98 Å². The van der Waals surface area contributed by atoms with Gasteiger partial charge in [-0.3, -0.25) is 14.9 Å².